The highest BCUT2D eigenvalue weighted by Crippen LogP contribution is 2.23. The molecule has 0 atom stereocenters. The topological polar surface area (TPSA) is 138 Å². The normalized spacial score (nSPS) is 10.8. The number of amides is 1. The summed E-state index contributed by atoms with van der Waals surface area (Å²) in [6.45, 7) is -1.20. The molecule has 148 valence electrons. The van der Waals surface area contributed by atoms with Crippen LogP contribution in [0, 0.1) is 23.7 Å². The number of halogens is 2. The van der Waals surface area contributed by atoms with Gasteiger partial charge in [0.2, 0.25) is 0 Å². The van der Waals surface area contributed by atoms with Crippen molar-refractivity contribution >= 4 is 23.0 Å². The minimum absolute atomic E-state index is 0.117. The quantitative estimate of drug-likeness (QED) is 0.448. The Morgan fingerprint density at radius 1 is 1.41 bits per heavy atom. The maximum Gasteiger partial charge on any atom is 0.333 e. The van der Waals surface area contributed by atoms with Crippen LogP contribution in [-0.2, 0) is 7.05 Å². The van der Waals surface area contributed by atoms with Gasteiger partial charge in [0.15, 0.2) is 5.69 Å². The van der Waals surface area contributed by atoms with Gasteiger partial charge in [0.05, 0.1) is 11.9 Å². The molecule has 0 radical (unpaired) electrons. The summed E-state index contributed by atoms with van der Waals surface area (Å²) >= 11 is 0. The molecule has 0 aliphatic rings. The summed E-state index contributed by atoms with van der Waals surface area (Å²) in [5.41, 5.74) is 7.59. The maximum atomic E-state index is 12.7. The number of anilines is 2. The van der Waals surface area contributed by atoms with Crippen molar-refractivity contribution in [3.05, 3.63) is 58.7 Å². The third-order valence-electron chi connectivity index (χ3n) is 4.28. The van der Waals surface area contributed by atoms with Gasteiger partial charge in [-0.2, -0.15) is 24.2 Å². The highest BCUT2D eigenvalue weighted by Gasteiger charge is 2.20. The van der Waals surface area contributed by atoms with Crippen LogP contribution in [0.2, 0.25) is 0 Å². The molecule has 29 heavy (non-hydrogen) atoms. The Morgan fingerprint density at radius 2 is 2.14 bits per heavy atom. The van der Waals surface area contributed by atoms with E-state index in [1.807, 2.05) is 6.07 Å². The van der Waals surface area contributed by atoms with E-state index >= 15 is 0 Å². The average molecular weight is 398 g/mol. The van der Waals surface area contributed by atoms with Crippen molar-refractivity contribution in [1.82, 2.24) is 19.6 Å². The molecule has 0 aliphatic heterocycles. The van der Waals surface area contributed by atoms with Crippen molar-refractivity contribution in [1.29, 1.82) is 10.7 Å². The molecule has 0 fully saturated rings. The third-order valence-corrected chi connectivity index (χ3v) is 4.28. The SMILES string of the molecule is Cc1c(C#N)nn(C)c1C(=O)Nc1ccc(N)c(C(=N)c2cnn(C(F)F)c2)c1. The van der Waals surface area contributed by atoms with Crippen LogP contribution in [0.15, 0.2) is 30.6 Å². The van der Waals surface area contributed by atoms with Crippen LogP contribution in [0.3, 0.4) is 0 Å². The first-order chi connectivity index (χ1) is 13.7. The van der Waals surface area contributed by atoms with Crippen molar-refractivity contribution in [2.75, 3.05) is 11.1 Å². The molecular formula is C18H16F2N8O. The van der Waals surface area contributed by atoms with E-state index in [9.17, 15) is 13.6 Å². The average Bonchev–Trinajstić information content (AvgIpc) is 3.27. The Hall–Kier alpha value is -4.07. The molecule has 0 saturated heterocycles. The first-order valence-electron chi connectivity index (χ1n) is 8.29. The van der Waals surface area contributed by atoms with Crippen molar-refractivity contribution < 1.29 is 13.6 Å². The smallest absolute Gasteiger partial charge is 0.333 e. The predicted molar refractivity (Wildman–Crippen MR) is 101 cm³/mol. The van der Waals surface area contributed by atoms with Crippen LogP contribution in [0.25, 0.3) is 0 Å². The Labute approximate surface area is 163 Å². The number of nitrogens with zero attached hydrogens (tertiary/aromatic N) is 5. The monoisotopic (exact) mass is 398 g/mol. The predicted octanol–water partition coefficient (Wildman–Crippen LogP) is 2.44. The van der Waals surface area contributed by atoms with E-state index < -0.39 is 12.5 Å². The number of carbonyl (C=O) groups excluding carboxylic acids is 1. The van der Waals surface area contributed by atoms with Gasteiger partial charge in [0, 0.05) is 41.3 Å². The fourth-order valence-corrected chi connectivity index (χ4v) is 2.82. The van der Waals surface area contributed by atoms with E-state index in [1.54, 1.807) is 20.0 Å². The van der Waals surface area contributed by atoms with Gasteiger partial charge in [-0.25, -0.2) is 4.68 Å². The number of nitriles is 1. The molecule has 11 heteroatoms. The van der Waals surface area contributed by atoms with E-state index in [2.05, 4.69) is 15.5 Å². The number of nitrogen functional groups attached to an aromatic ring is 1. The second-order valence-electron chi connectivity index (χ2n) is 6.18. The van der Waals surface area contributed by atoms with Crippen molar-refractivity contribution in [3.8, 4) is 6.07 Å². The number of carbonyl (C=O) groups is 1. The highest BCUT2D eigenvalue weighted by atomic mass is 19.3. The van der Waals surface area contributed by atoms with Crippen molar-refractivity contribution in [2.24, 2.45) is 7.05 Å². The molecular weight excluding hydrogens is 382 g/mol. The fraction of sp³-hybridized carbons (Fsp3) is 0.167. The Kier molecular flexibility index (Phi) is 5.10. The van der Waals surface area contributed by atoms with Gasteiger partial charge in [-0.1, -0.05) is 0 Å². The van der Waals surface area contributed by atoms with Gasteiger partial charge < -0.3 is 11.1 Å². The molecule has 4 N–H and O–H groups in total. The number of nitrogens with two attached hydrogens (primary N) is 1. The first kappa shape index (κ1) is 19.7. The number of hydrogen-bond acceptors (Lipinski definition) is 6. The minimum Gasteiger partial charge on any atom is -0.398 e. The number of benzene rings is 1. The summed E-state index contributed by atoms with van der Waals surface area (Å²) < 4.78 is 27.2. The van der Waals surface area contributed by atoms with Crippen LogP contribution in [0.4, 0.5) is 20.2 Å². The Balaban J connectivity index is 1.89. The van der Waals surface area contributed by atoms with Crippen LogP contribution in [0.1, 0.15) is 39.4 Å². The summed E-state index contributed by atoms with van der Waals surface area (Å²) in [4.78, 5) is 12.6. The lowest BCUT2D eigenvalue weighted by molar-refractivity contribution is 0.0566. The van der Waals surface area contributed by atoms with Crippen molar-refractivity contribution in [3.63, 3.8) is 0 Å². The second-order valence-corrected chi connectivity index (χ2v) is 6.18. The summed E-state index contributed by atoms with van der Waals surface area (Å²) in [5, 5.41) is 27.5. The highest BCUT2D eigenvalue weighted by molar-refractivity contribution is 6.14. The van der Waals surface area contributed by atoms with Gasteiger partial charge in [0.1, 0.15) is 11.8 Å². The molecule has 3 rings (SSSR count). The fourth-order valence-electron chi connectivity index (χ4n) is 2.82. The molecule has 0 aliphatic carbocycles. The molecule has 9 nitrogen and oxygen atoms in total. The van der Waals surface area contributed by atoms with Crippen LogP contribution in [0.5, 0.6) is 0 Å². The summed E-state index contributed by atoms with van der Waals surface area (Å²) in [5.74, 6) is -0.494. The maximum absolute atomic E-state index is 12.7. The van der Waals surface area contributed by atoms with Gasteiger partial charge in [-0.05, 0) is 25.1 Å². The van der Waals surface area contributed by atoms with E-state index in [0.29, 0.717) is 15.9 Å². The molecule has 0 unspecified atom stereocenters. The molecule has 3 aromatic rings. The third kappa shape index (κ3) is 3.68. The summed E-state index contributed by atoms with van der Waals surface area (Å²) in [6.07, 6.45) is 2.18. The molecule has 0 spiro atoms. The van der Waals surface area contributed by atoms with Gasteiger partial charge in [-0.15, -0.1) is 0 Å². The lowest BCUT2D eigenvalue weighted by atomic mass is 10.0. The van der Waals surface area contributed by atoms with E-state index in [1.165, 1.54) is 16.8 Å². The molecule has 2 aromatic heterocycles. The Morgan fingerprint density at radius 3 is 2.72 bits per heavy atom. The molecule has 0 saturated carbocycles. The van der Waals surface area contributed by atoms with Gasteiger partial charge >= 0.3 is 6.55 Å². The van der Waals surface area contributed by atoms with Gasteiger partial charge in [-0.3, -0.25) is 14.9 Å². The molecule has 1 amide bonds. The standard InChI is InChI=1S/C18H16F2N8O/c1-9-14(6-21)26-27(2)16(9)17(29)25-11-3-4-13(22)12(5-11)15(23)10-7-24-28(8-10)18(19)20/h3-5,7-8,18,23H,22H2,1-2H3,(H,25,29). The first-order valence-corrected chi connectivity index (χ1v) is 8.29. The van der Waals surface area contributed by atoms with E-state index in [0.717, 1.165) is 12.4 Å². The lowest BCUT2D eigenvalue weighted by Gasteiger charge is -2.11. The number of aromatic nitrogens is 4. The number of alkyl halides is 2. The molecule has 1 aromatic carbocycles. The minimum atomic E-state index is -2.82. The largest absolute Gasteiger partial charge is 0.398 e. The number of aryl methyl sites for hydroxylation is 1. The van der Waals surface area contributed by atoms with Crippen LogP contribution in [-0.4, -0.2) is 31.2 Å². The summed E-state index contributed by atoms with van der Waals surface area (Å²) in [7, 11) is 1.55. The van der Waals surface area contributed by atoms with Crippen LogP contribution < -0.4 is 11.1 Å². The number of rotatable bonds is 5. The number of nitrogens with one attached hydrogen (secondary N) is 2. The zero-order valence-electron chi connectivity index (χ0n) is 15.4. The van der Waals surface area contributed by atoms with Crippen LogP contribution >= 0.6 is 0 Å². The Bertz CT molecular complexity index is 1160. The zero-order chi connectivity index (χ0) is 21.3. The summed E-state index contributed by atoms with van der Waals surface area (Å²) in [6, 6.07) is 6.42. The van der Waals surface area contributed by atoms with Crippen molar-refractivity contribution in [2.45, 2.75) is 13.5 Å². The second kappa shape index (κ2) is 7.51. The number of hydrogen-bond donors (Lipinski definition) is 3. The zero-order valence-corrected chi connectivity index (χ0v) is 15.4. The van der Waals surface area contributed by atoms with E-state index in [-0.39, 0.29) is 33.9 Å². The van der Waals surface area contributed by atoms with E-state index in [4.69, 9.17) is 16.4 Å². The molecule has 0 bridgehead atoms. The lowest BCUT2D eigenvalue weighted by Crippen LogP contribution is -2.18. The van der Waals surface area contributed by atoms with Gasteiger partial charge in [0.25, 0.3) is 5.91 Å². The molecule has 2 heterocycles.